The lowest BCUT2D eigenvalue weighted by Crippen LogP contribution is -2.19. The van der Waals surface area contributed by atoms with Crippen molar-refractivity contribution < 1.29 is 23.5 Å². The number of carbonyl (C=O) groups is 2. The van der Waals surface area contributed by atoms with Gasteiger partial charge >= 0.3 is 5.97 Å². The largest absolute Gasteiger partial charge is 0.466 e. The van der Waals surface area contributed by atoms with Crippen LogP contribution in [0.5, 0.6) is 0 Å². The zero-order valence-electron chi connectivity index (χ0n) is 20.9. The third-order valence-electron chi connectivity index (χ3n) is 6.19. The number of benzene rings is 3. The van der Waals surface area contributed by atoms with Crippen molar-refractivity contribution >= 4 is 23.3 Å². The second-order valence-electron chi connectivity index (χ2n) is 8.96. The van der Waals surface area contributed by atoms with Gasteiger partial charge in [0.2, 0.25) is 0 Å². The number of carbonyl (C=O) groups excluding carboxylic acids is 2. The van der Waals surface area contributed by atoms with Gasteiger partial charge in [-0.05, 0) is 84.5 Å². The summed E-state index contributed by atoms with van der Waals surface area (Å²) in [6, 6.07) is 17.1. The number of amides is 1. The highest BCUT2D eigenvalue weighted by Crippen LogP contribution is 2.28. The van der Waals surface area contributed by atoms with Gasteiger partial charge in [0.25, 0.3) is 5.91 Å². The Bertz CT molecular complexity index is 1260. The van der Waals surface area contributed by atoms with E-state index >= 15 is 0 Å². The maximum atomic E-state index is 14.3. The van der Waals surface area contributed by atoms with Crippen LogP contribution >= 0.6 is 0 Å². The molecule has 1 aliphatic rings. The summed E-state index contributed by atoms with van der Waals surface area (Å²) in [4.78, 5) is 25.4. The molecule has 0 unspecified atom stereocenters. The Morgan fingerprint density at radius 1 is 1.11 bits per heavy atom. The van der Waals surface area contributed by atoms with Gasteiger partial charge in [0.1, 0.15) is 5.82 Å². The highest BCUT2D eigenvalue weighted by atomic mass is 19.1. The number of para-hydroxylation sites is 1. The van der Waals surface area contributed by atoms with Crippen LogP contribution in [0.3, 0.4) is 0 Å². The van der Waals surface area contributed by atoms with Gasteiger partial charge in [0.05, 0.1) is 19.1 Å². The second-order valence-corrected chi connectivity index (χ2v) is 8.96. The lowest BCUT2D eigenvalue weighted by molar-refractivity contribution is -0.142. The Labute approximate surface area is 216 Å². The first-order chi connectivity index (χ1) is 17.9. The number of ether oxygens (including phenoxy) is 2. The molecule has 7 nitrogen and oxygen atoms in total. The van der Waals surface area contributed by atoms with Crippen molar-refractivity contribution in [2.24, 2.45) is 5.73 Å². The van der Waals surface area contributed by atoms with Crippen LogP contribution in [-0.4, -0.2) is 37.7 Å². The van der Waals surface area contributed by atoms with Crippen molar-refractivity contribution in [3.8, 4) is 11.1 Å². The first kappa shape index (κ1) is 26.3. The molecule has 0 saturated carbocycles. The van der Waals surface area contributed by atoms with Crippen LogP contribution in [0.25, 0.3) is 11.1 Å². The van der Waals surface area contributed by atoms with Crippen LogP contribution in [0.15, 0.2) is 60.7 Å². The van der Waals surface area contributed by atoms with E-state index in [4.69, 9.17) is 15.2 Å². The van der Waals surface area contributed by atoms with Gasteiger partial charge in [-0.15, -0.1) is 0 Å². The van der Waals surface area contributed by atoms with Gasteiger partial charge in [-0.1, -0.05) is 18.2 Å². The molecule has 0 spiro atoms. The van der Waals surface area contributed by atoms with Crippen LogP contribution in [0, 0.1) is 5.82 Å². The van der Waals surface area contributed by atoms with E-state index in [1.807, 2.05) is 12.1 Å². The van der Waals surface area contributed by atoms with E-state index in [1.54, 1.807) is 43.3 Å². The Kier molecular flexibility index (Phi) is 8.87. The molecule has 4 rings (SSSR count). The molecule has 1 aliphatic heterocycles. The molecule has 0 bridgehead atoms. The quantitative estimate of drug-likeness (QED) is 0.339. The number of anilines is 2. The predicted molar refractivity (Wildman–Crippen MR) is 142 cm³/mol. The molecule has 1 heterocycles. The highest BCUT2D eigenvalue weighted by molar-refractivity contribution is 6.06. The third kappa shape index (κ3) is 7.15. The number of esters is 1. The number of rotatable bonds is 10. The molecule has 4 N–H and O–H groups in total. The molecule has 1 atom stereocenters. The number of nitrogens with one attached hydrogen (secondary N) is 2. The molecule has 8 heteroatoms. The fourth-order valence-corrected chi connectivity index (χ4v) is 4.36. The normalized spacial score (nSPS) is 14.8. The maximum absolute atomic E-state index is 14.3. The van der Waals surface area contributed by atoms with E-state index in [-0.39, 0.29) is 37.6 Å². The first-order valence-electron chi connectivity index (χ1n) is 12.5. The molecular formula is C29H32FN3O4. The van der Waals surface area contributed by atoms with Crippen molar-refractivity contribution in [1.29, 1.82) is 0 Å². The zero-order valence-corrected chi connectivity index (χ0v) is 20.9. The molecule has 0 aromatic heterocycles. The SMILES string of the molecule is CCOC(=O)Cc1ccccc1NC(=O)c1cc(NC[C@H]2CCCO2)cc(-c2cc(F)cc(CN)c2)c1. The van der Waals surface area contributed by atoms with Crippen LogP contribution in [-0.2, 0) is 27.2 Å². The minimum atomic E-state index is -0.394. The molecule has 1 saturated heterocycles. The fourth-order valence-electron chi connectivity index (χ4n) is 4.36. The van der Waals surface area contributed by atoms with Crippen LogP contribution in [0.4, 0.5) is 15.8 Å². The summed E-state index contributed by atoms with van der Waals surface area (Å²) in [5, 5.41) is 6.28. The summed E-state index contributed by atoms with van der Waals surface area (Å²) in [6.07, 6.45) is 2.15. The molecule has 37 heavy (non-hydrogen) atoms. The minimum absolute atomic E-state index is 0.0453. The van der Waals surface area contributed by atoms with E-state index in [0.29, 0.717) is 40.0 Å². The van der Waals surface area contributed by atoms with E-state index in [2.05, 4.69) is 10.6 Å². The number of hydrogen-bond donors (Lipinski definition) is 3. The molecule has 3 aromatic rings. The van der Waals surface area contributed by atoms with E-state index < -0.39 is 5.82 Å². The van der Waals surface area contributed by atoms with Crippen LogP contribution < -0.4 is 16.4 Å². The molecule has 194 valence electrons. The summed E-state index contributed by atoms with van der Waals surface area (Å²) in [5.41, 5.74) is 10.00. The molecule has 0 aliphatic carbocycles. The predicted octanol–water partition coefficient (Wildman–Crippen LogP) is 4.90. The second kappa shape index (κ2) is 12.5. The third-order valence-corrected chi connectivity index (χ3v) is 6.19. The first-order valence-corrected chi connectivity index (χ1v) is 12.5. The maximum Gasteiger partial charge on any atom is 0.310 e. The summed E-state index contributed by atoms with van der Waals surface area (Å²) in [7, 11) is 0. The monoisotopic (exact) mass is 505 g/mol. The van der Waals surface area contributed by atoms with Crippen molar-refractivity contribution in [1.82, 2.24) is 0 Å². The summed E-state index contributed by atoms with van der Waals surface area (Å²) in [5.74, 6) is -1.11. The molecular weight excluding hydrogens is 473 g/mol. The highest BCUT2D eigenvalue weighted by Gasteiger charge is 2.17. The van der Waals surface area contributed by atoms with Gasteiger partial charge in [0, 0.05) is 36.6 Å². The van der Waals surface area contributed by atoms with E-state index in [1.165, 1.54) is 12.1 Å². The Morgan fingerprint density at radius 3 is 2.68 bits per heavy atom. The van der Waals surface area contributed by atoms with Gasteiger partial charge < -0.3 is 25.8 Å². The fraction of sp³-hybridized carbons (Fsp3) is 0.310. The zero-order chi connectivity index (χ0) is 26.2. The lowest BCUT2D eigenvalue weighted by Gasteiger charge is -2.16. The molecule has 3 aromatic carbocycles. The molecule has 0 radical (unpaired) electrons. The molecule has 1 fully saturated rings. The van der Waals surface area contributed by atoms with Gasteiger partial charge in [0.15, 0.2) is 0 Å². The smallest absolute Gasteiger partial charge is 0.310 e. The number of nitrogens with two attached hydrogens (primary N) is 1. The molecule has 1 amide bonds. The minimum Gasteiger partial charge on any atom is -0.466 e. The lowest BCUT2D eigenvalue weighted by atomic mass is 9.99. The van der Waals surface area contributed by atoms with Crippen molar-refractivity contribution in [3.05, 3.63) is 83.2 Å². The van der Waals surface area contributed by atoms with E-state index in [0.717, 1.165) is 25.1 Å². The van der Waals surface area contributed by atoms with E-state index in [9.17, 15) is 14.0 Å². The van der Waals surface area contributed by atoms with Gasteiger partial charge in [-0.2, -0.15) is 0 Å². The average Bonchev–Trinajstić information content (AvgIpc) is 3.42. The Balaban J connectivity index is 1.64. The van der Waals surface area contributed by atoms with Crippen molar-refractivity contribution in [2.45, 2.75) is 38.8 Å². The summed E-state index contributed by atoms with van der Waals surface area (Å²) in [6.45, 7) is 3.58. The summed E-state index contributed by atoms with van der Waals surface area (Å²) >= 11 is 0. The topological polar surface area (TPSA) is 103 Å². The average molecular weight is 506 g/mol. The number of halogens is 1. The van der Waals surface area contributed by atoms with Crippen LogP contribution in [0.1, 0.15) is 41.3 Å². The van der Waals surface area contributed by atoms with Crippen LogP contribution in [0.2, 0.25) is 0 Å². The number of hydrogen-bond acceptors (Lipinski definition) is 6. The Morgan fingerprint density at radius 2 is 1.92 bits per heavy atom. The van der Waals surface area contributed by atoms with Gasteiger partial charge in [-0.3, -0.25) is 9.59 Å². The van der Waals surface area contributed by atoms with Gasteiger partial charge in [-0.25, -0.2) is 4.39 Å². The Hall–Kier alpha value is -3.75. The summed E-state index contributed by atoms with van der Waals surface area (Å²) < 4.78 is 25.1. The van der Waals surface area contributed by atoms with Crippen molar-refractivity contribution in [2.75, 3.05) is 30.4 Å². The van der Waals surface area contributed by atoms with Crippen molar-refractivity contribution in [3.63, 3.8) is 0 Å². The standard InChI is InChI=1S/C29H32FN3O4/c1-2-36-28(34)16-20-6-3-4-8-27(20)33-29(35)23-12-22(21-10-19(17-31)11-24(30)13-21)14-25(15-23)32-18-26-7-5-9-37-26/h3-4,6,8,10-15,26,32H,2,5,7,9,16-18,31H2,1H3,(H,33,35)/t26-/m1/s1.